The van der Waals surface area contributed by atoms with Gasteiger partial charge >= 0.3 is 0 Å². The van der Waals surface area contributed by atoms with Gasteiger partial charge in [-0.1, -0.05) is 103 Å². The minimum absolute atomic E-state index is 0.177. The Balaban J connectivity index is 1.45. The van der Waals surface area contributed by atoms with Gasteiger partial charge in [0.05, 0.1) is 11.3 Å². The molecule has 4 heteroatoms. The topological polar surface area (TPSA) is 37.4 Å². The monoisotopic (exact) mass is 483 g/mol. The first-order valence-electron chi connectivity index (χ1n) is 12.1. The summed E-state index contributed by atoms with van der Waals surface area (Å²) >= 11 is 0. The quantitative estimate of drug-likeness (QED) is 0.170. The maximum Gasteiger partial charge on any atom is 0.197 e. The van der Waals surface area contributed by atoms with E-state index in [1.807, 2.05) is 24.3 Å². The van der Waals surface area contributed by atoms with Crippen molar-refractivity contribution in [2.75, 3.05) is 4.90 Å². The number of fused-ring (bicyclic) bond motifs is 2. The van der Waals surface area contributed by atoms with E-state index in [0.29, 0.717) is 11.1 Å². The van der Waals surface area contributed by atoms with Gasteiger partial charge in [0, 0.05) is 27.5 Å². The molecule has 6 rings (SSSR count). The number of carbonyl (C=O) groups is 2. The fourth-order valence-electron chi connectivity index (χ4n) is 5.26. The number of hydrogen-bond acceptors (Lipinski definition) is 3. The smallest absolute Gasteiger partial charge is 0.197 e. The molecule has 0 saturated carbocycles. The van der Waals surface area contributed by atoms with Gasteiger partial charge < -0.3 is 4.90 Å². The number of hydrogen-bond donors (Lipinski definition) is 0. The van der Waals surface area contributed by atoms with Gasteiger partial charge in [-0.2, -0.15) is 0 Å². The number of ketones is 2. The van der Waals surface area contributed by atoms with Gasteiger partial charge in [0.2, 0.25) is 0 Å². The second kappa shape index (κ2) is 8.43. The van der Waals surface area contributed by atoms with Crippen molar-refractivity contribution < 1.29 is 9.59 Å². The first kappa shape index (κ1) is 22.2. The molecular formula is C32H25NO2Si. The summed E-state index contributed by atoms with van der Waals surface area (Å²) in [7, 11) is -2.28. The zero-order valence-corrected chi connectivity index (χ0v) is 21.2. The molecule has 0 unspecified atom stereocenters. The SMILES string of the molecule is C[Si]1(C)C(C=C2C(=O)c3ccccc3C2=O)=CC=C1N(c1ccccc1)c1cccc2ccccc12. The van der Waals surface area contributed by atoms with E-state index < -0.39 is 8.07 Å². The van der Waals surface area contributed by atoms with Crippen molar-refractivity contribution in [3.05, 3.63) is 143 Å². The summed E-state index contributed by atoms with van der Waals surface area (Å²) in [6, 6.07) is 32.3. The minimum atomic E-state index is -2.28. The van der Waals surface area contributed by atoms with Crippen LogP contribution in [0.15, 0.2) is 131 Å². The fourth-order valence-corrected chi connectivity index (χ4v) is 7.87. The molecule has 0 aromatic heterocycles. The Morgan fingerprint density at radius 2 is 1.28 bits per heavy atom. The largest absolute Gasteiger partial charge is 0.317 e. The Bertz CT molecular complexity index is 1600. The summed E-state index contributed by atoms with van der Waals surface area (Å²) in [4.78, 5) is 28.5. The maximum atomic E-state index is 13.1. The molecule has 1 heterocycles. The van der Waals surface area contributed by atoms with Gasteiger partial charge in [0.25, 0.3) is 0 Å². The summed E-state index contributed by atoms with van der Waals surface area (Å²) in [6.45, 7) is 4.57. The van der Waals surface area contributed by atoms with Crippen molar-refractivity contribution in [2.24, 2.45) is 0 Å². The van der Waals surface area contributed by atoms with Crippen molar-refractivity contribution in [2.45, 2.75) is 13.1 Å². The lowest BCUT2D eigenvalue weighted by Crippen LogP contribution is -2.38. The van der Waals surface area contributed by atoms with Crippen LogP contribution in [0.5, 0.6) is 0 Å². The Morgan fingerprint density at radius 3 is 2.00 bits per heavy atom. The zero-order chi connectivity index (χ0) is 24.9. The predicted molar refractivity (Wildman–Crippen MR) is 149 cm³/mol. The predicted octanol–water partition coefficient (Wildman–Crippen LogP) is 7.59. The summed E-state index contributed by atoms with van der Waals surface area (Å²) < 4.78 is 0. The molecule has 2 aliphatic rings. The summed E-state index contributed by atoms with van der Waals surface area (Å²) in [5.74, 6) is -0.354. The van der Waals surface area contributed by atoms with E-state index in [1.165, 1.54) is 16.1 Å². The number of rotatable bonds is 4. The average Bonchev–Trinajstić information content (AvgIpc) is 3.33. The van der Waals surface area contributed by atoms with Gasteiger partial charge in [0.15, 0.2) is 11.6 Å². The lowest BCUT2D eigenvalue weighted by atomic mass is 10.1. The van der Waals surface area contributed by atoms with E-state index in [9.17, 15) is 9.59 Å². The third kappa shape index (κ3) is 3.41. The third-order valence-electron chi connectivity index (χ3n) is 7.25. The number of Topliss-reactive ketones (excluding diaryl/α,β-unsaturated/α-hetero) is 2. The van der Waals surface area contributed by atoms with Crippen molar-refractivity contribution >= 4 is 41.8 Å². The summed E-state index contributed by atoms with van der Waals surface area (Å²) in [5, 5.41) is 4.65. The highest BCUT2D eigenvalue weighted by Crippen LogP contribution is 2.43. The molecule has 1 aliphatic carbocycles. The molecule has 1 aliphatic heterocycles. The van der Waals surface area contributed by atoms with Crippen LogP contribution in [0.3, 0.4) is 0 Å². The highest BCUT2D eigenvalue weighted by molar-refractivity contribution is 6.92. The van der Waals surface area contributed by atoms with Gasteiger partial charge in [-0.3, -0.25) is 9.59 Å². The number of nitrogens with zero attached hydrogens (tertiary/aromatic N) is 1. The molecular weight excluding hydrogens is 458 g/mol. The van der Waals surface area contributed by atoms with E-state index in [-0.39, 0.29) is 17.1 Å². The van der Waals surface area contributed by atoms with Crippen molar-refractivity contribution in [1.82, 2.24) is 0 Å². The van der Waals surface area contributed by atoms with Crippen molar-refractivity contribution in [1.29, 1.82) is 0 Å². The van der Waals surface area contributed by atoms with Crippen molar-refractivity contribution in [3.63, 3.8) is 0 Å². The number of para-hydroxylation sites is 1. The highest BCUT2D eigenvalue weighted by atomic mass is 28.3. The Kier molecular flexibility index (Phi) is 5.20. The molecule has 0 N–H and O–H groups in total. The molecule has 4 aromatic rings. The zero-order valence-electron chi connectivity index (χ0n) is 20.2. The molecule has 174 valence electrons. The lowest BCUT2D eigenvalue weighted by molar-refractivity contribution is 0.0988. The summed E-state index contributed by atoms with van der Waals surface area (Å²) in [5.41, 5.74) is 3.48. The standard InChI is InChI=1S/C32H25NO2Si/c1-36(2)24(21-28-31(34)26-16-8-9-17-27(26)32(28)35)19-20-30(36)33(23-13-4-3-5-14-23)29-18-10-12-22-11-6-7-15-25(22)29/h3-21H,1-2H3. The molecule has 0 amide bonds. The van der Waals surface area contributed by atoms with Gasteiger partial charge in [0.1, 0.15) is 8.07 Å². The maximum absolute atomic E-state index is 13.1. The minimum Gasteiger partial charge on any atom is -0.317 e. The first-order chi connectivity index (χ1) is 17.5. The molecule has 3 nitrogen and oxygen atoms in total. The highest BCUT2D eigenvalue weighted by Gasteiger charge is 2.40. The van der Waals surface area contributed by atoms with Crippen LogP contribution in [0.1, 0.15) is 20.7 Å². The summed E-state index contributed by atoms with van der Waals surface area (Å²) in [6.07, 6.45) is 6.12. The lowest BCUT2D eigenvalue weighted by Gasteiger charge is -2.35. The fraction of sp³-hybridized carbons (Fsp3) is 0.0625. The van der Waals surface area contributed by atoms with Gasteiger partial charge in [-0.05, 0) is 35.7 Å². The molecule has 0 spiro atoms. The number of benzene rings is 4. The molecule has 0 radical (unpaired) electrons. The van der Waals surface area contributed by atoms with Crippen LogP contribution in [0.2, 0.25) is 13.1 Å². The Hall–Kier alpha value is -4.28. The van der Waals surface area contributed by atoms with Crippen LogP contribution in [-0.2, 0) is 0 Å². The number of carbonyl (C=O) groups excluding carboxylic acids is 2. The van der Waals surface area contributed by atoms with Crippen LogP contribution in [0, 0.1) is 0 Å². The molecule has 36 heavy (non-hydrogen) atoms. The molecule has 4 aromatic carbocycles. The molecule has 0 atom stereocenters. The average molecular weight is 484 g/mol. The van der Waals surface area contributed by atoms with Crippen LogP contribution in [0.25, 0.3) is 10.8 Å². The van der Waals surface area contributed by atoms with E-state index >= 15 is 0 Å². The second-order valence-electron chi connectivity index (χ2n) is 9.73. The Morgan fingerprint density at radius 1 is 0.667 bits per heavy atom. The Labute approximate surface area is 211 Å². The van der Waals surface area contributed by atoms with E-state index in [1.54, 1.807) is 12.1 Å². The van der Waals surface area contributed by atoms with Gasteiger partial charge in [-0.25, -0.2) is 0 Å². The first-order valence-corrected chi connectivity index (χ1v) is 15.1. The van der Waals surface area contributed by atoms with E-state index in [4.69, 9.17) is 0 Å². The van der Waals surface area contributed by atoms with Gasteiger partial charge in [-0.15, -0.1) is 0 Å². The second-order valence-corrected chi connectivity index (χ2v) is 14.1. The number of allylic oxidation sites excluding steroid dienone is 5. The van der Waals surface area contributed by atoms with Crippen LogP contribution >= 0.6 is 0 Å². The number of anilines is 2. The van der Waals surface area contributed by atoms with Crippen LogP contribution in [-0.4, -0.2) is 19.6 Å². The normalized spacial score (nSPS) is 16.1. The van der Waals surface area contributed by atoms with E-state index in [0.717, 1.165) is 16.6 Å². The third-order valence-corrected chi connectivity index (χ3v) is 10.7. The van der Waals surface area contributed by atoms with Crippen LogP contribution < -0.4 is 4.90 Å². The van der Waals surface area contributed by atoms with E-state index in [2.05, 4.69) is 96.9 Å². The molecule has 0 saturated heterocycles. The molecule has 0 fully saturated rings. The van der Waals surface area contributed by atoms with Crippen molar-refractivity contribution in [3.8, 4) is 0 Å². The van der Waals surface area contributed by atoms with Crippen LogP contribution in [0.4, 0.5) is 11.4 Å². The molecule has 0 bridgehead atoms.